The SMILES string of the molecule is CN(C)c1ccc(N2C(=O)OC(=Cc3ccc4[nH]c5ccccc5c4c3)C2=O)cc1. The lowest BCUT2D eigenvalue weighted by molar-refractivity contribution is -0.114. The lowest BCUT2D eigenvalue weighted by atomic mass is 10.1. The van der Waals surface area contributed by atoms with Crippen molar-refractivity contribution in [1.29, 1.82) is 0 Å². The maximum absolute atomic E-state index is 12.9. The smallest absolute Gasteiger partial charge is 0.404 e. The average Bonchev–Trinajstić information content (AvgIpc) is 3.24. The first-order valence-electron chi connectivity index (χ1n) is 9.57. The minimum absolute atomic E-state index is 0.0101. The molecule has 1 aliphatic heterocycles. The zero-order chi connectivity index (χ0) is 20.8. The molecule has 3 aromatic carbocycles. The molecule has 1 N–H and O–H groups in total. The topological polar surface area (TPSA) is 65.6 Å². The molecule has 0 atom stereocenters. The number of ether oxygens (including phenoxy) is 1. The molecule has 6 heteroatoms. The fourth-order valence-electron chi connectivity index (χ4n) is 3.70. The Labute approximate surface area is 173 Å². The van der Waals surface area contributed by atoms with Gasteiger partial charge in [-0.15, -0.1) is 0 Å². The number of nitrogens with one attached hydrogen (secondary N) is 1. The number of amides is 2. The highest BCUT2D eigenvalue weighted by Crippen LogP contribution is 2.30. The monoisotopic (exact) mass is 397 g/mol. The summed E-state index contributed by atoms with van der Waals surface area (Å²) in [5.41, 5.74) is 4.30. The van der Waals surface area contributed by atoms with Gasteiger partial charge in [-0.25, -0.2) is 9.69 Å². The number of hydrogen-bond acceptors (Lipinski definition) is 4. The third-order valence-corrected chi connectivity index (χ3v) is 5.25. The standard InChI is InChI=1S/C24H19N3O3/c1-26(2)16-8-10-17(11-9-16)27-23(28)22(30-24(27)29)14-15-7-12-21-19(13-15)18-5-3-4-6-20(18)25-21/h3-14,25H,1-2H3. The number of para-hydroxylation sites is 1. The third-order valence-electron chi connectivity index (χ3n) is 5.25. The normalized spacial score (nSPS) is 15.4. The van der Waals surface area contributed by atoms with E-state index in [-0.39, 0.29) is 5.76 Å². The molecule has 2 heterocycles. The molecule has 0 radical (unpaired) electrons. The van der Waals surface area contributed by atoms with Crippen LogP contribution in [0.4, 0.5) is 16.2 Å². The number of hydrogen-bond donors (Lipinski definition) is 1. The molecule has 5 rings (SSSR count). The van der Waals surface area contributed by atoms with Crippen molar-refractivity contribution in [2.45, 2.75) is 0 Å². The number of H-pyrrole nitrogens is 1. The van der Waals surface area contributed by atoms with Gasteiger partial charge in [0, 0.05) is 41.6 Å². The van der Waals surface area contributed by atoms with E-state index in [0.29, 0.717) is 5.69 Å². The molecule has 1 aliphatic rings. The number of cyclic esters (lactones) is 1. The van der Waals surface area contributed by atoms with Crippen LogP contribution in [0.2, 0.25) is 0 Å². The molecule has 2 amide bonds. The summed E-state index contributed by atoms with van der Waals surface area (Å²) in [7, 11) is 3.85. The molecule has 0 bridgehead atoms. The Hall–Kier alpha value is -4.06. The highest BCUT2D eigenvalue weighted by atomic mass is 16.6. The second-order valence-corrected chi connectivity index (χ2v) is 7.40. The van der Waals surface area contributed by atoms with Crippen LogP contribution in [-0.4, -0.2) is 31.1 Å². The van der Waals surface area contributed by atoms with E-state index in [1.165, 1.54) is 0 Å². The van der Waals surface area contributed by atoms with Crippen LogP contribution in [0.15, 0.2) is 72.5 Å². The molecule has 30 heavy (non-hydrogen) atoms. The van der Waals surface area contributed by atoms with E-state index in [4.69, 9.17) is 4.74 Å². The van der Waals surface area contributed by atoms with Gasteiger partial charge in [-0.3, -0.25) is 4.79 Å². The number of aromatic amines is 1. The predicted molar refractivity (Wildman–Crippen MR) is 119 cm³/mol. The predicted octanol–water partition coefficient (Wildman–Crippen LogP) is 4.91. The van der Waals surface area contributed by atoms with E-state index in [1.54, 1.807) is 18.2 Å². The van der Waals surface area contributed by atoms with Gasteiger partial charge in [0.2, 0.25) is 0 Å². The number of imide groups is 1. The van der Waals surface area contributed by atoms with Gasteiger partial charge in [-0.1, -0.05) is 24.3 Å². The van der Waals surface area contributed by atoms with Gasteiger partial charge >= 0.3 is 12.0 Å². The largest absolute Gasteiger partial charge is 0.427 e. The molecule has 0 spiro atoms. The molecular formula is C24H19N3O3. The fourth-order valence-corrected chi connectivity index (χ4v) is 3.70. The van der Waals surface area contributed by atoms with Crippen LogP contribution in [0.1, 0.15) is 5.56 Å². The van der Waals surface area contributed by atoms with Crippen molar-refractivity contribution in [3.63, 3.8) is 0 Å². The first-order valence-corrected chi connectivity index (χ1v) is 9.57. The van der Waals surface area contributed by atoms with Crippen molar-refractivity contribution in [2.75, 3.05) is 23.9 Å². The summed E-state index contributed by atoms with van der Waals surface area (Å²) in [5, 5.41) is 2.15. The van der Waals surface area contributed by atoms with Gasteiger partial charge in [-0.05, 0) is 54.1 Å². The lowest BCUT2D eigenvalue weighted by Crippen LogP contribution is -2.28. The fraction of sp³-hybridized carbons (Fsp3) is 0.0833. The van der Waals surface area contributed by atoms with E-state index in [0.717, 1.165) is 38.0 Å². The van der Waals surface area contributed by atoms with E-state index in [1.807, 2.05) is 73.6 Å². The molecule has 4 aromatic rings. The van der Waals surface area contributed by atoms with Crippen molar-refractivity contribution >= 4 is 51.3 Å². The Balaban J connectivity index is 1.49. The number of carbonyl (C=O) groups is 2. The summed E-state index contributed by atoms with van der Waals surface area (Å²) in [6.45, 7) is 0. The number of aromatic nitrogens is 1. The van der Waals surface area contributed by atoms with Crippen LogP contribution < -0.4 is 9.80 Å². The first kappa shape index (κ1) is 18.0. The van der Waals surface area contributed by atoms with Gasteiger partial charge in [0.1, 0.15) is 0 Å². The lowest BCUT2D eigenvalue weighted by Gasteiger charge is -2.15. The summed E-state index contributed by atoms with van der Waals surface area (Å²) < 4.78 is 5.28. The van der Waals surface area contributed by atoms with Gasteiger partial charge in [0.25, 0.3) is 0 Å². The van der Waals surface area contributed by atoms with Crippen LogP contribution in [0.5, 0.6) is 0 Å². The molecule has 148 valence electrons. The Morgan fingerprint density at radius 1 is 0.900 bits per heavy atom. The third kappa shape index (κ3) is 2.90. The minimum Gasteiger partial charge on any atom is -0.404 e. The number of carbonyl (C=O) groups excluding carboxylic acids is 2. The minimum atomic E-state index is -0.697. The summed E-state index contributed by atoms with van der Waals surface area (Å²) in [6.07, 6.45) is 0.910. The van der Waals surface area contributed by atoms with Gasteiger partial charge in [0.05, 0.1) is 5.69 Å². The van der Waals surface area contributed by atoms with Gasteiger partial charge in [0.15, 0.2) is 5.76 Å². The summed E-state index contributed by atoms with van der Waals surface area (Å²) in [5.74, 6) is -0.465. The average molecular weight is 397 g/mol. The van der Waals surface area contributed by atoms with Crippen LogP contribution >= 0.6 is 0 Å². The summed E-state index contributed by atoms with van der Waals surface area (Å²) in [4.78, 5) is 31.6. The number of rotatable bonds is 3. The van der Waals surface area contributed by atoms with Crippen LogP contribution in [0, 0.1) is 0 Å². The molecule has 0 saturated carbocycles. The van der Waals surface area contributed by atoms with Crippen molar-refractivity contribution in [1.82, 2.24) is 4.98 Å². The number of nitrogens with zero attached hydrogens (tertiary/aromatic N) is 2. The Bertz CT molecular complexity index is 1330. The zero-order valence-corrected chi connectivity index (χ0v) is 16.5. The quantitative estimate of drug-likeness (QED) is 0.499. The van der Waals surface area contributed by atoms with E-state index < -0.39 is 12.0 Å². The van der Waals surface area contributed by atoms with Crippen molar-refractivity contribution < 1.29 is 14.3 Å². The Morgan fingerprint density at radius 2 is 1.63 bits per heavy atom. The molecular weight excluding hydrogens is 378 g/mol. The van der Waals surface area contributed by atoms with Crippen LogP contribution in [0.25, 0.3) is 27.9 Å². The number of benzene rings is 3. The van der Waals surface area contributed by atoms with Crippen molar-refractivity contribution in [3.8, 4) is 0 Å². The summed E-state index contributed by atoms with van der Waals surface area (Å²) in [6, 6.07) is 21.0. The Kier molecular flexibility index (Phi) is 4.06. The molecule has 0 unspecified atom stereocenters. The molecule has 1 aromatic heterocycles. The van der Waals surface area contributed by atoms with Gasteiger partial charge < -0.3 is 14.6 Å². The van der Waals surface area contributed by atoms with E-state index >= 15 is 0 Å². The maximum atomic E-state index is 12.9. The second-order valence-electron chi connectivity index (χ2n) is 7.40. The Morgan fingerprint density at radius 3 is 2.40 bits per heavy atom. The highest BCUT2D eigenvalue weighted by molar-refractivity contribution is 6.25. The molecule has 1 fully saturated rings. The van der Waals surface area contributed by atoms with Crippen molar-refractivity contribution in [3.05, 3.63) is 78.1 Å². The maximum Gasteiger partial charge on any atom is 0.427 e. The van der Waals surface area contributed by atoms with Gasteiger partial charge in [-0.2, -0.15) is 0 Å². The van der Waals surface area contributed by atoms with Crippen LogP contribution in [-0.2, 0) is 9.53 Å². The zero-order valence-electron chi connectivity index (χ0n) is 16.5. The molecule has 0 aliphatic carbocycles. The first-order chi connectivity index (χ1) is 14.5. The highest BCUT2D eigenvalue weighted by Gasteiger charge is 2.37. The van der Waals surface area contributed by atoms with E-state index in [2.05, 4.69) is 4.98 Å². The van der Waals surface area contributed by atoms with E-state index in [9.17, 15) is 9.59 Å². The van der Waals surface area contributed by atoms with Crippen molar-refractivity contribution in [2.24, 2.45) is 0 Å². The second kappa shape index (κ2) is 6.77. The number of anilines is 2. The van der Waals surface area contributed by atoms with Crippen LogP contribution in [0.3, 0.4) is 0 Å². The molecule has 1 saturated heterocycles. The number of fused-ring (bicyclic) bond motifs is 3. The molecule has 6 nitrogen and oxygen atoms in total. The summed E-state index contributed by atoms with van der Waals surface area (Å²) >= 11 is 0.